The van der Waals surface area contributed by atoms with E-state index in [1.165, 1.54) is 6.08 Å². The summed E-state index contributed by atoms with van der Waals surface area (Å²) in [6.07, 6.45) is 5.07. The molecule has 0 aliphatic heterocycles. The van der Waals surface area contributed by atoms with Crippen LogP contribution in [-0.4, -0.2) is 22.8 Å². The molecule has 1 aromatic heterocycles. The first kappa shape index (κ1) is 21.2. The SMILES string of the molecule is COc1ccc(/C=C/C(=O)NCc2cnn(C)c2C)cc1COc1ccccc1C. The lowest BCUT2D eigenvalue weighted by molar-refractivity contribution is -0.116. The van der Waals surface area contributed by atoms with Crippen LogP contribution in [0.25, 0.3) is 6.08 Å². The second-order valence-corrected chi connectivity index (χ2v) is 7.06. The third kappa shape index (κ3) is 5.29. The Morgan fingerprint density at radius 2 is 1.93 bits per heavy atom. The van der Waals surface area contributed by atoms with Gasteiger partial charge in [-0.05, 0) is 49.2 Å². The summed E-state index contributed by atoms with van der Waals surface area (Å²) in [5.74, 6) is 1.43. The second-order valence-electron chi connectivity index (χ2n) is 7.06. The number of amides is 1. The summed E-state index contributed by atoms with van der Waals surface area (Å²) in [6.45, 7) is 4.81. The van der Waals surface area contributed by atoms with E-state index in [9.17, 15) is 4.79 Å². The summed E-state index contributed by atoms with van der Waals surface area (Å²) in [5, 5.41) is 7.07. The molecule has 2 aromatic carbocycles. The van der Waals surface area contributed by atoms with E-state index < -0.39 is 0 Å². The van der Waals surface area contributed by atoms with Gasteiger partial charge < -0.3 is 14.8 Å². The van der Waals surface area contributed by atoms with E-state index >= 15 is 0 Å². The van der Waals surface area contributed by atoms with E-state index in [2.05, 4.69) is 10.4 Å². The quantitative estimate of drug-likeness (QED) is 0.576. The first-order valence-corrected chi connectivity index (χ1v) is 9.76. The number of nitrogens with one attached hydrogen (secondary N) is 1. The highest BCUT2D eigenvalue weighted by Gasteiger charge is 2.07. The van der Waals surface area contributed by atoms with E-state index in [0.29, 0.717) is 13.2 Å². The number of methoxy groups -OCH3 is 1. The standard InChI is InChI=1S/C24H27N3O3/c1-17-7-5-6-8-22(17)30-16-20-13-19(9-11-23(20)29-4)10-12-24(28)25-14-21-15-26-27(3)18(21)2/h5-13,15H,14,16H2,1-4H3,(H,25,28)/b12-10+. The molecule has 0 atom stereocenters. The number of carbonyl (C=O) groups excluding carboxylic acids is 1. The molecule has 0 radical (unpaired) electrons. The summed E-state index contributed by atoms with van der Waals surface area (Å²) >= 11 is 0. The van der Waals surface area contributed by atoms with Crippen LogP contribution in [-0.2, 0) is 25.0 Å². The summed E-state index contributed by atoms with van der Waals surface area (Å²) in [6, 6.07) is 13.6. The molecule has 30 heavy (non-hydrogen) atoms. The van der Waals surface area contributed by atoms with Crippen molar-refractivity contribution in [2.45, 2.75) is 27.0 Å². The minimum absolute atomic E-state index is 0.160. The van der Waals surface area contributed by atoms with Gasteiger partial charge in [0.1, 0.15) is 18.1 Å². The third-order valence-electron chi connectivity index (χ3n) is 5.00. The van der Waals surface area contributed by atoms with E-state index in [4.69, 9.17) is 9.47 Å². The Balaban J connectivity index is 1.64. The Bertz CT molecular complexity index is 1050. The lowest BCUT2D eigenvalue weighted by Crippen LogP contribution is -2.20. The Morgan fingerprint density at radius 1 is 1.13 bits per heavy atom. The maximum Gasteiger partial charge on any atom is 0.244 e. The maximum absolute atomic E-state index is 12.2. The van der Waals surface area contributed by atoms with Crippen LogP contribution in [0.3, 0.4) is 0 Å². The predicted octanol–water partition coefficient (Wildman–Crippen LogP) is 3.95. The van der Waals surface area contributed by atoms with Gasteiger partial charge in [-0.25, -0.2) is 0 Å². The summed E-state index contributed by atoms with van der Waals surface area (Å²) in [4.78, 5) is 12.2. The molecule has 0 saturated heterocycles. The molecule has 0 aliphatic carbocycles. The Kier molecular flexibility index (Phi) is 6.91. The molecule has 0 bridgehead atoms. The fraction of sp³-hybridized carbons (Fsp3) is 0.250. The molecular weight excluding hydrogens is 378 g/mol. The van der Waals surface area contributed by atoms with Crippen LogP contribution in [0.5, 0.6) is 11.5 Å². The lowest BCUT2D eigenvalue weighted by Gasteiger charge is -2.12. The molecule has 1 amide bonds. The Morgan fingerprint density at radius 3 is 2.63 bits per heavy atom. The van der Waals surface area contributed by atoms with Gasteiger partial charge in [-0.1, -0.05) is 24.3 Å². The number of hydrogen-bond donors (Lipinski definition) is 1. The third-order valence-corrected chi connectivity index (χ3v) is 5.00. The van der Waals surface area contributed by atoms with Crippen LogP contribution in [0.4, 0.5) is 0 Å². The van der Waals surface area contributed by atoms with Crippen LogP contribution in [0.15, 0.2) is 54.7 Å². The van der Waals surface area contributed by atoms with Gasteiger partial charge in [0.15, 0.2) is 0 Å². The van der Waals surface area contributed by atoms with E-state index in [-0.39, 0.29) is 5.91 Å². The number of para-hydroxylation sites is 1. The van der Waals surface area contributed by atoms with Crippen molar-refractivity contribution >= 4 is 12.0 Å². The monoisotopic (exact) mass is 405 g/mol. The van der Waals surface area contributed by atoms with E-state index in [0.717, 1.165) is 39.4 Å². The summed E-state index contributed by atoms with van der Waals surface area (Å²) < 4.78 is 13.2. The molecule has 3 aromatic rings. The molecule has 156 valence electrons. The highest BCUT2D eigenvalue weighted by Crippen LogP contribution is 2.24. The molecule has 6 nitrogen and oxygen atoms in total. The normalized spacial score (nSPS) is 10.9. The largest absolute Gasteiger partial charge is 0.496 e. The number of nitrogens with zero attached hydrogens (tertiary/aromatic N) is 2. The second kappa shape index (κ2) is 9.78. The molecule has 0 aliphatic rings. The molecule has 0 unspecified atom stereocenters. The smallest absolute Gasteiger partial charge is 0.244 e. The fourth-order valence-electron chi connectivity index (χ4n) is 3.02. The van der Waals surface area contributed by atoms with Crippen molar-refractivity contribution in [1.29, 1.82) is 0 Å². The average molecular weight is 405 g/mol. The van der Waals surface area contributed by atoms with Gasteiger partial charge in [-0.2, -0.15) is 5.10 Å². The number of ether oxygens (including phenoxy) is 2. The van der Waals surface area contributed by atoms with Crippen molar-refractivity contribution in [2.24, 2.45) is 7.05 Å². The van der Waals surface area contributed by atoms with Crippen molar-refractivity contribution in [2.75, 3.05) is 7.11 Å². The van der Waals surface area contributed by atoms with Crippen molar-refractivity contribution in [3.63, 3.8) is 0 Å². The van der Waals surface area contributed by atoms with Crippen molar-refractivity contribution < 1.29 is 14.3 Å². The zero-order valence-electron chi connectivity index (χ0n) is 17.8. The first-order valence-electron chi connectivity index (χ1n) is 9.76. The molecule has 3 rings (SSSR count). The van der Waals surface area contributed by atoms with Crippen LogP contribution < -0.4 is 14.8 Å². The number of benzene rings is 2. The lowest BCUT2D eigenvalue weighted by atomic mass is 10.1. The molecule has 6 heteroatoms. The van der Waals surface area contributed by atoms with Crippen molar-refractivity contribution in [3.8, 4) is 11.5 Å². The minimum Gasteiger partial charge on any atom is -0.496 e. The fourth-order valence-corrected chi connectivity index (χ4v) is 3.02. The van der Waals surface area contributed by atoms with Gasteiger partial charge in [0.05, 0.1) is 13.3 Å². The van der Waals surface area contributed by atoms with Crippen LogP contribution in [0.2, 0.25) is 0 Å². The number of aromatic nitrogens is 2. The van der Waals surface area contributed by atoms with Gasteiger partial charge in [0.25, 0.3) is 0 Å². The van der Waals surface area contributed by atoms with Gasteiger partial charge in [-0.3, -0.25) is 9.48 Å². The number of aryl methyl sites for hydroxylation is 2. The maximum atomic E-state index is 12.2. The molecule has 0 fully saturated rings. The number of hydrogen-bond acceptors (Lipinski definition) is 4. The number of carbonyl (C=O) groups is 1. The highest BCUT2D eigenvalue weighted by atomic mass is 16.5. The Hall–Kier alpha value is -3.54. The Labute approximate surface area is 177 Å². The zero-order chi connectivity index (χ0) is 21.5. The van der Waals surface area contributed by atoms with Crippen molar-refractivity contribution in [3.05, 3.63) is 82.7 Å². The minimum atomic E-state index is -0.160. The molecule has 1 heterocycles. The van der Waals surface area contributed by atoms with Crippen LogP contribution >= 0.6 is 0 Å². The number of rotatable bonds is 8. The first-order chi connectivity index (χ1) is 14.5. The van der Waals surface area contributed by atoms with E-state index in [1.807, 2.05) is 63.4 Å². The van der Waals surface area contributed by atoms with Gasteiger partial charge in [0.2, 0.25) is 5.91 Å². The average Bonchev–Trinajstić information content (AvgIpc) is 3.08. The van der Waals surface area contributed by atoms with Gasteiger partial charge in [-0.15, -0.1) is 0 Å². The predicted molar refractivity (Wildman–Crippen MR) is 117 cm³/mol. The van der Waals surface area contributed by atoms with Crippen molar-refractivity contribution in [1.82, 2.24) is 15.1 Å². The molecule has 0 spiro atoms. The van der Waals surface area contributed by atoms with Crippen LogP contribution in [0.1, 0.15) is 27.9 Å². The van der Waals surface area contributed by atoms with E-state index in [1.54, 1.807) is 24.1 Å². The van der Waals surface area contributed by atoms with Gasteiger partial charge >= 0.3 is 0 Å². The topological polar surface area (TPSA) is 65.4 Å². The van der Waals surface area contributed by atoms with Gasteiger partial charge in [0, 0.05) is 36.5 Å². The summed E-state index contributed by atoms with van der Waals surface area (Å²) in [7, 11) is 3.51. The molecular formula is C24H27N3O3. The van der Waals surface area contributed by atoms with Crippen LogP contribution in [0, 0.1) is 13.8 Å². The highest BCUT2D eigenvalue weighted by molar-refractivity contribution is 5.91. The molecule has 0 saturated carbocycles. The zero-order valence-corrected chi connectivity index (χ0v) is 17.8. The molecule has 1 N–H and O–H groups in total. The summed E-state index contributed by atoms with van der Waals surface area (Å²) in [5.41, 5.74) is 4.92.